The number of nitrogens with one attached hydrogen (secondary N) is 2. The maximum atomic E-state index is 5.70. The second kappa shape index (κ2) is 6.04. The van der Waals surface area contributed by atoms with Crippen molar-refractivity contribution >= 4 is 23.2 Å². The smallest absolute Gasteiger partial charge is 0.0445 e. The van der Waals surface area contributed by atoms with Crippen LogP contribution < -0.4 is 15.8 Å². The molecule has 0 aromatic heterocycles. The van der Waals surface area contributed by atoms with E-state index in [1.54, 1.807) is 0 Å². The molecule has 0 bridgehead atoms. The summed E-state index contributed by atoms with van der Waals surface area (Å²) in [6.07, 6.45) is 9.35. The topological polar surface area (TPSA) is 50.1 Å². The first kappa shape index (κ1) is 13.7. The van der Waals surface area contributed by atoms with Crippen LogP contribution in [0.1, 0.15) is 18.4 Å². The highest BCUT2D eigenvalue weighted by atomic mass is 32.2. The lowest BCUT2D eigenvalue weighted by molar-refractivity contribution is 0.799. The molecule has 106 valence electrons. The maximum Gasteiger partial charge on any atom is 0.0445 e. The van der Waals surface area contributed by atoms with Crippen molar-refractivity contribution in [3.8, 4) is 0 Å². The van der Waals surface area contributed by atoms with Gasteiger partial charge in [-0.1, -0.05) is 18.2 Å². The van der Waals surface area contributed by atoms with E-state index in [9.17, 15) is 0 Å². The van der Waals surface area contributed by atoms with Crippen molar-refractivity contribution in [2.45, 2.75) is 23.8 Å². The molecule has 1 saturated carbocycles. The van der Waals surface area contributed by atoms with E-state index in [0.29, 0.717) is 6.04 Å². The third kappa shape index (κ3) is 3.08. The Morgan fingerprint density at radius 1 is 1.35 bits per heavy atom. The van der Waals surface area contributed by atoms with Crippen molar-refractivity contribution < 1.29 is 0 Å². The van der Waals surface area contributed by atoms with Crippen molar-refractivity contribution in [3.05, 3.63) is 42.0 Å². The molecule has 1 aromatic carbocycles. The normalized spacial score (nSPS) is 21.1. The van der Waals surface area contributed by atoms with E-state index in [4.69, 9.17) is 5.14 Å². The van der Waals surface area contributed by atoms with Gasteiger partial charge in [0.05, 0.1) is 0 Å². The number of anilines is 1. The van der Waals surface area contributed by atoms with Crippen LogP contribution in [0.3, 0.4) is 0 Å². The SMILES string of the molecule is CNC1C=CC(c2cc(SN)ccc2NCC2CC2)=C1. The number of rotatable bonds is 6. The first-order valence-electron chi connectivity index (χ1n) is 7.12. The van der Waals surface area contributed by atoms with Gasteiger partial charge in [-0.2, -0.15) is 0 Å². The van der Waals surface area contributed by atoms with Gasteiger partial charge in [0.15, 0.2) is 0 Å². The van der Waals surface area contributed by atoms with Crippen molar-refractivity contribution in [3.63, 3.8) is 0 Å². The lowest BCUT2D eigenvalue weighted by atomic mass is 10.0. The van der Waals surface area contributed by atoms with Crippen LogP contribution >= 0.6 is 11.9 Å². The molecular weight excluding hydrogens is 266 g/mol. The van der Waals surface area contributed by atoms with Gasteiger partial charge in [-0.05, 0) is 61.5 Å². The molecule has 0 aliphatic heterocycles. The van der Waals surface area contributed by atoms with Gasteiger partial charge in [-0.15, -0.1) is 0 Å². The predicted octanol–water partition coefficient (Wildman–Crippen LogP) is 3.02. The average Bonchev–Trinajstić information content (AvgIpc) is 3.20. The van der Waals surface area contributed by atoms with Gasteiger partial charge in [0.25, 0.3) is 0 Å². The fourth-order valence-corrected chi connectivity index (χ4v) is 2.77. The summed E-state index contributed by atoms with van der Waals surface area (Å²) in [5, 5.41) is 12.5. The summed E-state index contributed by atoms with van der Waals surface area (Å²) in [5.41, 5.74) is 3.72. The van der Waals surface area contributed by atoms with Gasteiger partial charge < -0.3 is 10.6 Å². The number of nitrogens with two attached hydrogens (primary N) is 1. The Kier molecular flexibility index (Phi) is 4.15. The minimum atomic E-state index is 0.329. The monoisotopic (exact) mass is 287 g/mol. The first-order chi connectivity index (χ1) is 9.80. The van der Waals surface area contributed by atoms with Crippen LogP contribution in [-0.4, -0.2) is 19.6 Å². The van der Waals surface area contributed by atoms with Gasteiger partial charge >= 0.3 is 0 Å². The number of likely N-dealkylation sites (N-methyl/N-ethyl adjacent to an activating group) is 1. The van der Waals surface area contributed by atoms with Crippen LogP contribution in [0.5, 0.6) is 0 Å². The molecule has 0 saturated heterocycles. The molecule has 4 N–H and O–H groups in total. The number of hydrogen-bond acceptors (Lipinski definition) is 4. The largest absolute Gasteiger partial charge is 0.384 e. The molecule has 3 nitrogen and oxygen atoms in total. The van der Waals surface area contributed by atoms with E-state index < -0.39 is 0 Å². The Labute approximate surface area is 124 Å². The minimum Gasteiger partial charge on any atom is -0.384 e. The number of benzene rings is 1. The Bertz CT molecular complexity index is 547. The molecule has 20 heavy (non-hydrogen) atoms. The molecule has 3 rings (SSSR count). The summed E-state index contributed by atoms with van der Waals surface area (Å²) in [6.45, 7) is 1.08. The van der Waals surface area contributed by atoms with E-state index in [1.165, 1.54) is 41.6 Å². The van der Waals surface area contributed by atoms with Crippen molar-refractivity contribution in [1.82, 2.24) is 5.32 Å². The summed E-state index contributed by atoms with van der Waals surface area (Å²) in [4.78, 5) is 1.10. The molecule has 2 aliphatic rings. The molecule has 0 spiro atoms. The lowest BCUT2D eigenvalue weighted by Gasteiger charge is -2.13. The van der Waals surface area contributed by atoms with E-state index in [2.05, 4.69) is 47.1 Å². The van der Waals surface area contributed by atoms with Gasteiger partial charge in [-0.3, -0.25) is 5.14 Å². The molecule has 1 unspecified atom stereocenters. The zero-order chi connectivity index (χ0) is 13.9. The van der Waals surface area contributed by atoms with E-state index in [-0.39, 0.29) is 0 Å². The van der Waals surface area contributed by atoms with Crippen LogP contribution in [0.25, 0.3) is 5.57 Å². The zero-order valence-electron chi connectivity index (χ0n) is 11.7. The molecule has 0 amide bonds. The molecular formula is C16H21N3S. The lowest BCUT2D eigenvalue weighted by Crippen LogP contribution is -2.17. The number of hydrogen-bond donors (Lipinski definition) is 3. The van der Waals surface area contributed by atoms with Crippen LogP contribution in [0, 0.1) is 5.92 Å². The number of allylic oxidation sites excluding steroid dienone is 2. The molecule has 0 radical (unpaired) electrons. The third-order valence-electron chi connectivity index (χ3n) is 3.89. The van der Waals surface area contributed by atoms with E-state index in [0.717, 1.165) is 17.4 Å². The molecule has 4 heteroatoms. The van der Waals surface area contributed by atoms with Crippen LogP contribution in [-0.2, 0) is 0 Å². The highest BCUT2D eigenvalue weighted by molar-refractivity contribution is 7.97. The quantitative estimate of drug-likeness (QED) is 0.704. The van der Waals surface area contributed by atoms with E-state index >= 15 is 0 Å². The third-order valence-corrected chi connectivity index (χ3v) is 4.42. The fraction of sp³-hybridized carbons (Fsp3) is 0.375. The Morgan fingerprint density at radius 2 is 2.20 bits per heavy atom. The minimum absolute atomic E-state index is 0.329. The summed E-state index contributed by atoms with van der Waals surface area (Å²) >= 11 is 1.30. The fourth-order valence-electron chi connectivity index (χ4n) is 2.44. The van der Waals surface area contributed by atoms with Crippen LogP contribution in [0.2, 0.25) is 0 Å². The van der Waals surface area contributed by atoms with Gasteiger partial charge in [-0.25, -0.2) is 0 Å². The standard InChI is InChI=1S/C16H21N3S/c1-18-13-5-4-12(8-13)15-9-14(20-17)6-7-16(15)19-10-11-2-3-11/h4-9,11,13,18-19H,2-3,10,17H2,1H3. The summed E-state index contributed by atoms with van der Waals surface area (Å²) in [6, 6.07) is 6.73. The summed E-state index contributed by atoms with van der Waals surface area (Å²) < 4.78 is 0. The second-order valence-electron chi connectivity index (χ2n) is 5.45. The van der Waals surface area contributed by atoms with Crippen LogP contribution in [0.4, 0.5) is 5.69 Å². The highest BCUT2D eigenvalue weighted by Gasteiger charge is 2.21. The zero-order valence-corrected chi connectivity index (χ0v) is 12.5. The second-order valence-corrected chi connectivity index (χ2v) is 6.15. The first-order valence-corrected chi connectivity index (χ1v) is 8.00. The molecule has 0 heterocycles. The van der Waals surface area contributed by atoms with Crippen molar-refractivity contribution in [2.75, 3.05) is 18.9 Å². The average molecular weight is 287 g/mol. The van der Waals surface area contributed by atoms with Gasteiger partial charge in [0, 0.05) is 28.7 Å². The Balaban J connectivity index is 1.87. The molecule has 2 aliphatic carbocycles. The Hall–Kier alpha value is -1.23. The predicted molar refractivity (Wildman–Crippen MR) is 87.7 cm³/mol. The summed E-state index contributed by atoms with van der Waals surface area (Å²) in [7, 11) is 1.98. The highest BCUT2D eigenvalue weighted by Crippen LogP contribution is 2.33. The van der Waals surface area contributed by atoms with Gasteiger partial charge in [0.1, 0.15) is 0 Å². The Morgan fingerprint density at radius 3 is 2.85 bits per heavy atom. The van der Waals surface area contributed by atoms with Crippen molar-refractivity contribution in [1.29, 1.82) is 0 Å². The molecule has 1 aromatic rings. The summed E-state index contributed by atoms with van der Waals surface area (Å²) in [5.74, 6) is 0.865. The van der Waals surface area contributed by atoms with Crippen LogP contribution in [0.15, 0.2) is 41.3 Å². The molecule has 1 fully saturated rings. The molecule has 1 atom stereocenters. The van der Waals surface area contributed by atoms with Crippen molar-refractivity contribution in [2.24, 2.45) is 11.1 Å². The van der Waals surface area contributed by atoms with Gasteiger partial charge in [0.2, 0.25) is 0 Å². The van der Waals surface area contributed by atoms with E-state index in [1.807, 2.05) is 7.05 Å². The maximum absolute atomic E-state index is 5.70.